The van der Waals surface area contributed by atoms with Crippen molar-refractivity contribution in [3.05, 3.63) is 74.7 Å². The van der Waals surface area contributed by atoms with E-state index in [4.69, 9.17) is 26.1 Å². The van der Waals surface area contributed by atoms with Crippen molar-refractivity contribution in [2.75, 3.05) is 19.8 Å². The number of aromatic amines is 1. The van der Waals surface area contributed by atoms with Gasteiger partial charge in [0.15, 0.2) is 0 Å². The Labute approximate surface area is 186 Å². The highest BCUT2D eigenvalue weighted by molar-refractivity contribution is 6.30. The van der Waals surface area contributed by atoms with Crippen LogP contribution in [0.25, 0.3) is 11.4 Å². The fourth-order valence-corrected chi connectivity index (χ4v) is 3.95. The summed E-state index contributed by atoms with van der Waals surface area (Å²) in [6.07, 6.45) is 0.666. The van der Waals surface area contributed by atoms with E-state index in [0.29, 0.717) is 43.6 Å². The summed E-state index contributed by atoms with van der Waals surface area (Å²) in [7, 11) is 0. The standard InChI is InChI=1S/C24H26ClN3O3/c1-3-30-19-10-7-17(22(13-19)31-4-2)14-28-12-11-20-21(15-28)26-23(27-24(20)29)16-5-8-18(25)9-6-16/h5-10,13H,3-4,11-12,14-15H2,1-2H3,(H,26,27,29). The topological polar surface area (TPSA) is 67.5 Å². The predicted octanol–water partition coefficient (Wildman–Crippen LogP) is 4.45. The maximum atomic E-state index is 12.7. The van der Waals surface area contributed by atoms with E-state index in [0.717, 1.165) is 40.4 Å². The van der Waals surface area contributed by atoms with E-state index in [9.17, 15) is 4.79 Å². The van der Waals surface area contributed by atoms with E-state index in [2.05, 4.69) is 16.0 Å². The van der Waals surface area contributed by atoms with Gasteiger partial charge in [-0.15, -0.1) is 0 Å². The molecular formula is C24H26ClN3O3. The molecule has 3 aromatic rings. The van der Waals surface area contributed by atoms with Crippen LogP contribution in [0.5, 0.6) is 11.5 Å². The molecule has 0 bridgehead atoms. The number of halogens is 1. The second kappa shape index (κ2) is 9.54. The second-order valence-corrected chi connectivity index (χ2v) is 7.88. The zero-order valence-corrected chi connectivity index (χ0v) is 18.5. The van der Waals surface area contributed by atoms with Crippen LogP contribution < -0.4 is 15.0 Å². The Morgan fingerprint density at radius 1 is 1.10 bits per heavy atom. The minimum atomic E-state index is -0.0642. The number of rotatable bonds is 7. The van der Waals surface area contributed by atoms with Gasteiger partial charge in [-0.1, -0.05) is 17.7 Å². The highest BCUT2D eigenvalue weighted by Gasteiger charge is 2.22. The molecular weight excluding hydrogens is 414 g/mol. The molecule has 0 spiro atoms. The molecule has 1 aliphatic rings. The number of nitrogens with one attached hydrogen (secondary N) is 1. The lowest BCUT2D eigenvalue weighted by Gasteiger charge is -2.28. The number of aromatic nitrogens is 2. The van der Waals surface area contributed by atoms with Gasteiger partial charge in [-0.2, -0.15) is 0 Å². The molecule has 0 aliphatic carbocycles. The molecule has 1 N–H and O–H groups in total. The Morgan fingerprint density at radius 3 is 2.61 bits per heavy atom. The van der Waals surface area contributed by atoms with Gasteiger partial charge in [0.05, 0.1) is 18.9 Å². The summed E-state index contributed by atoms with van der Waals surface area (Å²) in [6, 6.07) is 13.3. The maximum Gasteiger partial charge on any atom is 0.254 e. The molecule has 1 aliphatic heterocycles. The van der Waals surface area contributed by atoms with Crippen molar-refractivity contribution >= 4 is 11.6 Å². The lowest BCUT2D eigenvalue weighted by Crippen LogP contribution is -2.35. The first-order chi connectivity index (χ1) is 15.1. The number of ether oxygens (including phenoxy) is 2. The van der Waals surface area contributed by atoms with Gasteiger partial charge in [0.2, 0.25) is 0 Å². The maximum absolute atomic E-state index is 12.7. The molecule has 0 amide bonds. The summed E-state index contributed by atoms with van der Waals surface area (Å²) in [5.74, 6) is 2.21. The molecule has 2 heterocycles. The summed E-state index contributed by atoms with van der Waals surface area (Å²) in [4.78, 5) is 22.6. The van der Waals surface area contributed by atoms with E-state index in [1.807, 2.05) is 38.1 Å². The summed E-state index contributed by atoms with van der Waals surface area (Å²) >= 11 is 5.99. The van der Waals surface area contributed by atoms with E-state index in [1.54, 1.807) is 12.1 Å². The Kier molecular flexibility index (Phi) is 6.59. The predicted molar refractivity (Wildman–Crippen MR) is 122 cm³/mol. The van der Waals surface area contributed by atoms with Crippen LogP contribution in [0, 0.1) is 0 Å². The Bertz CT molecular complexity index is 1110. The minimum absolute atomic E-state index is 0.0642. The van der Waals surface area contributed by atoms with Gasteiger partial charge in [0, 0.05) is 47.4 Å². The molecule has 0 fully saturated rings. The third kappa shape index (κ3) is 4.92. The van der Waals surface area contributed by atoms with E-state index >= 15 is 0 Å². The van der Waals surface area contributed by atoms with Gasteiger partial charge in [0.1, 0.15) is 17.3 Å². The van der Waals surface area contributed by atoms with Crippen molar-refractivity contribution in [1.29, 1.82) is 0 Å². The molecule has 1 aromatic heterocycles. The summed E-state index contributed by atoms with van der Waals surface area (Å²) < 4.78 is 11.5. The van der Waals surface area contributed by atoms with Crippen molar-refractivity contribution in [3.63, 3.8) is 0 Å². The summed E-state index contributed by atoms with van der Waals surface area (Å²) in [5.41, 5.74) is 3.46. The number of fused-ring (bicyclic) bond motifs is 1. The van der Waals surface area contributed by atoms with E-state index < -0.39 is 0 Å². The van der Waals surface area contributed by atoms with Crippen molar-refractivity contribution in [2.24, 2.45) is 0 Å². The Hall–Kier alpha value is -2.83. The molecule has 7 heteroatoms. The highest BCUT2D eigenvalue weighted by atomic mass is 35.5. The normalized spacial score (nSPS) is 13.6. The summed E-state index contributed by atoms with van der Waals surface area (Å²) in [6.45, 7) is 7.26. The number of nitrogens with zero attached hydrogens (tertiary/aromatic N) is 2. The molecule has 0 saturated heterocycles. The largest absolute Gasteiger partial charge is 0.494 e. The van der Waals surface area contributed by atoms with Crippen LogP contribution in [-0.4, -0.2) is 34.6 Å². The van der Waals surface area contributed by atoms with Crippen molar-refractivity contribution in [3.8, 4) is 22.9 Å². The van der Waals surface area contributed by atoms with Gasteiger partial charge in [0.25, 0.3) is 5.56 Å². The lowest BCUT2D eigenvalue weighted by molar-refractivity contribution is 0.234. The van der Waals surface area contributed by atoms with Crippen LogP contribution in [0.4, 0.5) is 0 Å². The summed E-state index contributed by atoms with van der Waals surface area (Å²) in [5, 5.41) is 0.649. The monoisotopic (exact) mass is 439 g/mol. The van der Waals surface area contributed by atoms with Crippen LogP contribution in [0.1, 0.15) is 30.7 Å². The average Bonchev–Trinajstić information content (AvgIpc) is 2.76. The molecule has 162 valence electrons. The van der Waals surface area contributed by atoms with Gasteiger partial charge in [-0.25, -0.2) is 4.98 Å². The minimum Gasteiger partial charge on any atom is -0.494 e. The molecule has 4 rings (SSSR count). The Balaban J connectivity index is 1.57. The number of benzene rings is 2. The van der Waals surface area contributed by atoms with E-state index in [1.165, 1.54) is 0 Å². The molecule has 0 unspecified atom stereocenters. The van der Waals surface area contributed by atoms with Gasteiger partial charge in [-0.05, 0) is 50.6 Å². The first-order valence-corrected chi connectivity index (χ1v) is 10.9. The van der Waals surface area contributed by atoms with Crippen LogP contribution in [-0.2, 0) is 19.5 Å². The average molecular weight is 440 g/mol. The number of hydrogen-bond donors (Lipinski definition) is 1. The lowest BCUT2D eigenvalue weighted by atomic mass is 10.0. The smallest absolute Gasteiger partial charge is 0.254 e. The van der Waals surface area contributed by atoms with Gasteiger partial charge < -0.3 is 14.5 Å². The molecule has 2 aromatic carbocycles. The third-order valence-electron chi connectivity index (χ3n) is 5.31. The highest BCUT2D eigenvalue weighted by Crippen LogP contribution is 2.28. The molecule has 0 radical (unpaired) electrons. The van der Waals surface area contributed by atoms with Crippen LogP contribution in [0.2, 0.25) is 5.02 Å². The molecule has 0 saturated carbocycles. The molecule has 31 heavy (non-hydrogen) atoms. The van der Waals surface area contributed by atoms with Crippen LogP contribution in [0.3, 0.4) is 0 Å². The third-order valence-corrected chi connectivity index (χ3v) is 5.57. The zero-order chi connectivity index (χ0) is 21.8. The second-order valence-electron chi connectivity index (χ2n) is 7.44. The van der Waals surface area contributed by atoms with Crippen LogP contribution >= 0.6 is 11.6 Å². The first-order valence-electron chi connectivity index (χ1n) is 10.6. The molecule has 6 nitrogen and oxygen atoms in total. The van der Waals surface area contributed by atoms with Crippen LogP contribution in [0.15, 0.2) is 47.3 Å². The van der Waals surface area contributed by atoms with Gasteiger partial charge in [-0.3, -0.25) is 9.69 Å². The first kappa shape index (κ1) is 21.4. The fraction of sp³-hybridized carbons (Fsp3) is 0.333. The van der Waals surface area contributed by atoms with Crippen molar-refractivity contribution in [2.45, 2.75) is 33.4 Å². The number of hydrogen-bond acceptors (Lipinski definition) is 5. The fourth-order valence-electron chi connectivity index (χ4n) is 3.83. The number of H-pyrrole nitrogens is 1. The molecule has 0 atom stereocenters. The van der Waals surface area contributed by atoms with Crippen molar-refractivity contribution < 1.29 is 9.47 Å². The Morgan fingerprint density at radius 2 is 1.87 bits per heavy atom. The quantitative estimate of drug-likeness (QED) is 0.589. The van der Waals surface area contributed by atoms with Gasteiger partial charge >= 0.3 is 0 Å². The van der Waals surface area contributed by atoms with Crippen molar-refractivity contribution in [1.82, 2.24) is 14.9 Å². The zero-order valence-electron chi connectivity index (χ0n) is 17.8. The van der Waals surface area contributed by atoms with E-state index in [-0.39, 0.29) is 5.56 Å². The SMILES string of the molecule is CCOc1ccc(CN2CCc3c(nc(-c4ccc(Cl)cc4)[nH]c3=O)C2)c(OCC)c1.